The summed E-state index contributed by atoms with van der Waals surface area (Å²) in [7, 11) is -3.79. The highest BCUT2D eigenvalue weighted by molar-refractivity contribution is 9.10. The summed E-state index contributed by atoms with van der Waals surface area (Å²) in [5.41, 5.74) is 6.42. The van der Waals surface area contributed by atoms with E-state index in [1.807, 2.05) is 6.07 Å². The van der Waals surface area contributed by atoms with Crippen molar-refractivity contribution in [3.8, 4) is 6.07 Å². The number of nitriles is 1. The van der Waals surface area contributed by atoms with Crippen LogP contribution in [0.3, 0.4) is 0 Å². The first-order valence-corrected chi connectivity index (χ1v) is 7.95. The van der Waals surface area contributed by atoms with E-state index in [-0.39, 0.29) is 21.0 Å². The molecule has 0 bridgehead atoms. The van der Waals surface area contributed by atoms with Crippen molar-refractivity contribution >= 4 is 31.5 Å². The van der Waals surface area contributed by atoms with Gasteiger partial charge in [-0.05, 0) is 36.8 Å². The molecule has 0 unspecified atom stereocenters. The van der Waals surface area contributed by atoms with Gasteiger partial charge in [-0.25, -0.2) is 8.42 Å². The van der Waals surface area contributed by atoms with Gasteiger partial charge in [-0.1, -0.05) is 28.1 Å². The third-order valence-corrected chi connectivity index (χ3v) is 5.33. The lowest BCUT2D eigenvalue weighted by Crippen LogP contribution is -2.08. The third kappa shape index (κ3) is 2.42. The molecular weight excluding hydrogens is 340 g/mol. The van der Waals surface area contributed by atoms with Crippen molar-refractivity contribution < 1.29 is 8.42 Å². The van der Waals surface area contributed by atoms with Crippen LogP contribution in [0.5, 0.6) is 0 Å². The van der Waals surface area contributed by atoms with Crippen LogP contribution in [-0.2, 0) is 9.84 Å². The van der Waals surface area contributed by atoms with Gasteiger partial charge < -0.3 is 5.73 Å². The van der Waals surface area contributed by atoms with Crippen molar-refractivity contribution in [2.75, 3.05) is 5.73 Å². The number of sulfone groups is 1. The quantitative estimate of drug-likeness (QED) is 0.843. The number of nitrogen functional groups attached to an aromatic ring is 1. The first-order valence-electron chi connectivity index (χ1n) is 5.67. The zero-order valence-electron chi connectivity index (χ0n) is 10.6. The minimum atomic E-state index is -3.79. The number of aryl methyl sites for hydroxylation is 1. The van der Waals surface area contributed by atoms with Gasteiger partial charge in [0.05, 0.1) is 21.0 Å². The monoisotopic (exact) mass is 350 g/mol. The standard InChI is InChI=1S/C14H11BrN2O2S/c1-9-5-6-10(15)7-14(9)20(18,19)13-4-2-3-12(17)11(13)8-16/h2-7H,17H2,1H3. The van der Waals surface area contributed by atoms with E-state index in [0.29, 0.717) is 10.0 Å². The molecule has 0 aliphatic heterocycles. The molecule has 0 saturated carbocycles. The normalized spacial score (nSPS) is 11.1. The number of nitrogens with two attached hydrogens (primary N) is 1. The maximum atomic E-state index is 12.7. The van der Waals surface area contributed by atoms with E-state index in [1.54, 1.807) is 19.1 Å². The Bertz CT molecular complexity index is 824. The molecule has 0 aliphatic carbocycles. The van der Waals surface area contributed by atoms with Gasteiger partial charge in [-0.15, -0.1) is 0 Å². The van der Waals surface area contributed by atoms with Crippen LogP contribution in [0.25, 0.3) is 0 Å². The molecular formula is C14H11BrN2O2S. The molecule has 2 N–H and O–H groups in total. The second kappa shape index (κ2) is 5.27. The van der Waals surface area contributed by atoms with Crippen LogP contribution in [0, 0.1) is 18.3 Å². The van der Waals surface area contributed by atoms with E-state index in [2.05, 4.69) is 15.9 Å². The maximum absolute atomic E-state index is 12.7. The van der Waals surface area contributed by atoms with Gasteiger partial charge in [0.1, 0.15) is 6.07 Å². The molecule has 0 fully saturated rings. The van der Waals surface area contributed by atoms with Crippen molar-refractivity contribution in [1.82, 2.24) is 0 Å². The summed E-state index contributed by atoms with van der Waals surface area (Å²) in [6.45, 7) is 1.71. The Hall–Kier alpha value is -1.84. The number of hydrogen-bond donors (Lipinski definition) is 1. The van der Waals surface area contributed by atoms with E-state index >= 15 is 0 Å². The maximum Gasteiger partial charge on any atom is 0.208 e. The van der Waals surface area contributed by atoms with Crippen molar-refractivity contribution in [2.24, 2.45) is 0 Å². The fraction of sp³-hybridized carbons (Fsp3) is 0.0714. The van der Waals surface area contributed by atoms with Crippen molar-refractivity contribution in [3.05, 3.63) is 52.0 Å². The van der Waals surface area contributed by atoms with Crippen molar-refractivity contribution in [1.29, 1.82) is 5.26 Å². The van der Waals surface area contributed by atoms with Crippen LogP contribution < -0.4 is 5.73 Å². The van der Waals surface area contributed by atoms with Crippen LogP contribution in [0.4, 0.5) is 5.69 Å². The van der Waals surface area contributed by atoms with Gasteiger partial charge in [-0.3, -0.25) is 0 Å². The van der Waals surface area contributed by atoms with Crippen LogP contribution in [-0.4, -0.2) is 8.42 Å². The Morgan fingerprint density at radius 3 is 2.55 bits per heavy atom. The molecule has 0 spiro atoms. The summed E-state index contributed by atoms with van der Waals surface area (Å²) in [4.78, 5) is 0.0928. The van der Waals surface area contributed by atoms with Crippen molar-refractivity contribution in [2.45, 2.75) is 16.7 Å². The Balaban J connectivity index is 2.78. The number of rotatable bonds is 2. The topological polar surface area (TPSA) is 83.9 Å². The Morgan fingerprint density at radius 2 is 1.90 bits per heavy atom. The summed E-state index contributed by atoms with van der Waals surface area (Å²) in [5, 5.41) is 9.13. The lowest BCUT2D eigenvalue weighted by atomic mass is 10.2. The van der Waals surface area contributed by atoms with E-state index in [4.69, 9.17) is 11.0 Å². The average Bonchev–Trinajstić information content (AvgIpc) is 2.41. The first-order chi connectivity index (χ1) is 9.37. The molecule has 0 atom stereocenters. The Labute approximate surface area is 125 Å². The Morgan fingerprint density at radius 1 is 1.20 bits per heavy atom. The minimum Gasteiger partial charge on any atom is -0.398 e. The highest BCUT2D eigenvalue weighted by Gasteiger charge is 2.24. The van der Waals surface area contributed by atoms with Gasteiger partial charge in [0, 0.05) is 4.47 Å². The molecule has 20 heavy (non-hydrogen) atoms. The van der Waals surface area contributed by atoms with E-state index in [0.717, 1.165) is 0 Å². The summed E-state index contributed by atoms with van der Waals surface area (Å²) in [6, 6.07) is 11.3. The highest BCUT2D eigenvalue weighted by Crippen LogP contribution is 2.30. The van der Waals surface area contributed by atoms with Gasteiger partial charge in [0.25, 0.3) is 0 Å². The zero-order valence-corrected chi connectivity index (χ0v) is 13.0. The number of benzene rings is 2. The number of anilines is 1. The molecule has 0 aromatic heterocycles. The summed E-state index contributed by atoms with van der Waals surface area (Å²) in [6.07, 6.45) is 0. The van der Waals surface area contributed by atoms with Crippen LogP contribution in [0.2, 0.25) is 0 Å². The fourth-order valence-electron chi connectivity index (χ4n) is 1.87. The zero-order chi connectivity index (χ0) is 14.9. The van der Waals surface area contributed by atoms with Gasteiger partial charge in [-0.2, -0.15) is 5.26 Å². The largest absolute Gasteiger partial charge is 0.398 e. The molecule has 0 heterocycles. The van der Waals surface area contributed by atoms with Crippen LogP contribution in [0.1, 0.15) is 11.1 Å². The number of nitrogens with zero attached hydrogens (tertiary/aromatic N) is 1. The molecule has 102 valence electrons. The summed E-state index contributed by atoms with van der Waals surface area (Å²) < 4.78 is 26.1. The van der Waals surface area contributed by atoms with Crippen LogP contribution >= 0.6 is 15.9 Å². The molecule has 6 heteroatoms. The molecule has 0 aliphatic rings. The van der Waals surface area contributed by atoms with E-state index < -0.39 is 9.84 Å². The molecule has 2 rings (SSSR count). The second-order valence-electron chi connectivity index (χ2n) is 4.25. The molecule has 0 amide bonds. The molecule has 0 radical (unpaired) electrons. The minimum absolute atomic E-state index is 0.0214. The average molecular weight is 351 g/mol. The fourth-order valence-corrected chi connectivity index (χ4v) is 4.09. The predicted octanol–water partition coefficient (Wildman–Crippen LogP) is 3.04. The molecule has 2 aromatic carbocycles. The lowest BCUT2D eigenvalue weighted by molar-refractivity contribution is 0.595. The lowest BCUT2D eigenvalue weighted by Gasteiger charge is -2.10. The summed E-state index contributed by atoms with van der Waals surface area (Å²) >= 11 is 3.26. The molecule has 2 aromatic rings. The third-order valence-electron chi connectivity index (χ3n) is 2.90. The molecule has 0 saturated heterocycles. The van der Waals surface area contributed by atoms with Crippen molar-refractivity contribution in [3.63, 3.8) is 0 Å². The highest BCUT2D eigenvalue weighted by atomic mass is 79.9. The number of halogens is 1. The van der Waals surface area contributed by atoms with Gasteiger partial charge >= 0.3 is 0 Å². The summed E-state index contributed by atoms with van der Waals surface area (Å²) in [5.74, 6) is 0. The SMILES string of the molecule is Cc1ccc(Br)cc1S(=O)(=O)c1cccc(N)c1C#N. The predicted molar refractivity (Wildman–Crippen MR) is 79.9 cm³/mol. The van der Waals surface area contributed by atoms with Crippen LogP contribution in [0.15, 0.2) is 50.7 Å². The van der Waals surface area contributed by atoms with Gasteiger partial charge in [0.15, 0.2) is 0 Å². The first kappa shape index (κ1) is 14.6. The second-order valence-corrected chi connectivity index (χ2v) is 7.05. The van der Waals surface area contributed by atoms with Gasteiger partial charge in [0.2, 0.25) is 9.84 Å². The van der Waals surface area contributed by atoms with E-state index in [9.17, 15) is 8.42 Å². The van der Waals surface area contributed by atoms with E-state index in [1.165, 1.54) is 24.3 Å². The molecule has 4 nitrogen and oxygen atoms in total. The Kier molecular flexibility index (Phi) is 3.84. The number of hydrogen-bond acceptors (Lipinski definition) is 4. The smallest absolute Gasteiger partial charge is 0.208 e.